The predicted octanol–water partition coefficient (Wildman–Crippen LogP) is 29.7. The van der Waals surface area contributed by atoms with Crippen LogP contribution in [0, 0.1) is 0 Å². The lowest BCUT2D eigenvalue weighted by molar-refractivity contribution is 0.0737. The average Bonchev–Trinajstić information content (AvgIpc) is 0.760. The summed E-state index contributed by atoms with van der Waals surface area (Å²) in [5, 5.41) is 26.5. The van der Waals surface area contributed by atoms with Gasteiger partial charge in [0.1, 0.15) is 85.6 Å². The van der Waals surface area contributed by atoms with Gasteiger partial charge >= 0.3 is 0 Å². The first-order valence-corrected chi connectivity index (χ1v) is 48.1. The van der Waals surface area contributed by atoms with Crippen molar-refractivity contribution < 1.29 is 48.1 Å². The topological polar surface area (TPSA) is 114 Å². The predicted molar refractivity (Wildman–Crippen MR) is 503 cm³/mol. The van der Waals surface area contributed by atoms with Gasteiger partial charge in [0.25, 0.3) is 0 Å². The molecule has 2 N–H and O–H groups in total. The lowest BCUT2D eigenvalue weighted by Crippen LogP contribution is -2.16. The summed E-state index contributed by atoms with van der Waals surface area (Å²) in [5.41, 5.74) is 8.38. The van der Waals surface area contributed by atoms with Gasteiger partial charge in [-0.2, -0.15) is 0 Å². The van der Waals surface area contributed by atoms with E-state index in [1.165, 1.54) is 47.0 Å². The molecule has 10 nitrogen and oxygen atoms in total. The minimum Gasteiger partial charge on any atom is -0.506 e. The molecule has 120 heavy (non-hydrogen) atoms. The van der Waals surface area contributed by atoms with Crippen LogP contribution in [0.25, 0.3) is 0 Å². The minimum absolute atomic E-state index is 0.166. The van der Waals surface area contributed by atoms with E-state index in [1.807, 2.05) is 12.1 Å². The first kappa shape index (κ1) is 91.0. The third-order valence-electron chi connectivity index (χ3n) is 21.2. The Bertz CT molecular complexity index is 4810. The van der Waals surface area contributed by atoms with E-state index < -0.39 is 0 Å². The molecule has 10 aromatic rings. The van der Waals surface area contributed by atoms with Crippen LogP contribution in [-0.4, -0.2) is 63.1 Å². The van der Waals surface area contributed by atoms with Gasteiger partial charge in [-0.25, -0.2) is 0 Å². The van der Waals surface area contributed by atoms with Crippen LogP contribution in [-0.2, 0) is 66.0 Å². The highest BCUT2D eigenvalue weighted by molar-refractivity contribution is 8.02. The molecule has 0 amide bonds. The SMILES string of the molecule is CC(C)(C)c1cc2c(O)c(c1)Sc1cc(C(C)(C)C)cc3c1OCCOCCOc1c4cc(C(C)(C)C)cc1Sc1cc(C(C)(C)C)cc(c1OCc1ccccc1)Sc1cc(C(C)(C)C)cc(c1OCCOCCOc1c(cc(C(C)(C)C)cc1Sc1cc(C(C)(C)C)cc(c1OCc1ccccc1)S3)S2)Sc1cc(C(C)(C)C)cc(c1O)S4. The molecule has 14 rings (SSSR count). The van der Waals surface area contributed by atoms with Gasteiger partial charge in [0, 0.05) is 0 Å². The number of hydrogen-bond donors (Lipinski definition) is 2. The minimum atomic E-state index is -0.322. The normalized spacial score (nSPS) is 15.1. The van der Waals surface area contributed by atoms with Crippen molar-refractivity contribution in [2.75, 3.05) is 52.9 Å². The number of benzene rings is 10. The molecule has 18 heteroatoms. The molecule has 4 aliphatic rings. The lowest BCUT2D eigenvalue weighted by atomic mass is 9.87. The second-order valence-electron chi connectivity index (χ2n) is 39.4. The Balaban J connectivity index is 1.04. The van der Waals surface area contributed by atoms with Gasteiger partial charge in [0.15, 0.2) is 0 Å². The number of phenolic OH excluding ortho intramolecular Hbond substituents is 2. The zero-order valence-corrected chi connectivity index (χ0v) is 81.0. The summed E-state index contributed by atoms with van der Waals surface area (Å²) in [6, 6.07) is 56.8. The Morgan fingerprint density at radius 2 is 0.400 bits per heavy atom. The van der Waals surface area contributed by atoms with Crippen molar-refractivity contribution in [3.8, 4) is 46.0 Å². The molecule has 636 valence electrons. The van der Waals surface area contributed by atoms with Crippen molar-refractivity contribution in [3.63, 3.8) is 0 Å². The van der Waals surface area contributed by atoms with E-state index in [9.17, 15) is 10.2 Å². The molecular formula is C102H120O10S8. The van der Waals surface area contributed by atoms with Crippen LogP contribution >= 0.6 is 94.1 Å². The van der Waals surface area contributed by atoms with Crippen LogP contribution in [0.4, 0.5) is 0 Å². The highest BCUT2D eigenvalue weighted by atomic mass is 32.2. The summed E-state index contributed by atoms with van der Waals surface area (Å²) in [6.45, 7) is 56.2. The smallest absolute Gasteiger partial charge is 0.147 e. The summed E-state index contributed by atoms with van der Waals surface area (Å²) < 4.78 is 57.8. The fourth-order valence-electron chi connectivity index (χ4n) is 13.6. The highest BCUT2D eigenvalue weighted by Crippen LogP contribution is 2.60. The fourth-order valence-corrected chi connectivity index (χ4v) is 22.9. The first-order valence-electron chi connectivity index (χ1n) is 41.6. The van der Waals surface area contributed by atoms with Crippen LogP contribution < -0.4 is 28.4 Å². The molecule has 10 aromatic carbocycles. The molecule has 0 atom stereocenters. The number of hydrogen-bond acceptors (Lipinski definition) is 18. The maximum atomic E-state index is 13.3. The van der Waals surface area contributed by atoms with Crippen molar-refractivity contribution in [1.82, 2.24) is 0 Å². The summed E-state index contributed by atoms with van der Waals surface area (Å²) >= 11 is 12.7. The Morgan fingerprint density at radius 3 is 0.583 bits per heavy atom. The molecule has 4 aliphatic heterocycles. The third kappa shape index (κ3) is 22.1. The molecular weight excluding hydrogens is 1640 g/mol. The molecule has 0 unspecified atom stereocenters. The monoisotopic (exact) mass is 1760 g/mol. The highest BCUT2D eigenvalue weighted by Gasteiger charge is 2.35. The van der Waals surface area contributed by atoms with Crippen molar-refractivity contribution in [3.05, 3.63) is 213 Å². The van der Waals surface area contributed by atoms with E-state index in [0.29, 0.717) is 55.8 Å². The van der Waals surface area contributed by atoms with Gasteiger partial charge in [0.05, 0.1) is 105 Å². The zero-order chi connectivity index (χ0) is 86.4. The Labute approximate surface area is 749 Å². The summed E-state index contributed by atoms with van der Waals surface area (Å²) in [7, 11) is 0. The molecule has 4 heterocycles. The van der Waals surface area contributed by atoms with Crippen LogP contribution in [0.15, 0.2) is 236 Å². The van der Waals surface area contributed by atoms with Crippen molar-refractivity contribution >= 4 is 94.1 Å². The zero-order valence-electron chi connectivity index (χ0n) is 74.5. The summed E-state index contributed by atoms with van der Waals surface area (Å²) in [5.74, 6) is 4.48. The number of fused-ring (bicyclic) bond motifs is 14. The standard InChI is InChI=1S/C102H120O10S8/c1-95(2,3)63-43-71-87(103)72(44-63)114-76-48-66(98(10,11)12)52-80-90(76)108-40-36-106-38-42-110-92-78-50-68(100(16,17)18)54-82(92)120-86-58-70(102(22,23)24)57-85(94(86)112-60-62-33-29-26-30-34-62)119-81-53-67(99(13,14)15)49-77(115-73-45-64(96(4,5)6)46-74(116-78)88(73)104)91(81)109-41-37-105-35-39-107-89-75(113-71)47-65(97(7,8)9)51-79(89)117-83-55-69(101(19,20)21)56-84(118-80)93(83)111-59-61-31-27-25-28-32-61/h25-34,43-58,103-104H,35-42,59-60H2,1-24H3. The summed E-state index contributed by atoms with van der Waals surface area (Å²) in [6.07, 6.45) is 0. The van der Waals surface area contributed by atoms with E-state index in [0.717, 1.165) is 126 Å². The maximum Gasteiger partial charge on any atom is 0.147 e. The van der Waals surface area contributed by atoms with Crippen LogP contribution in [0.5, 0.6) is 46.0 Å². The first-order chi connectivity index (χ1) is 56.3. The van der Waals surface area contributed by atoms with Gasteiger partial charge < -0.3 is 48.1 Å². The van der Waals surface area contributed by atoms with E-state index in [4.69, 9.17) is 37.9 Å². The van der Waals surface area contributed by atoms with Gasteiger partial charge in [-0.1, -0.05) is 321 Å². The van der Waals surface area contributed by atoms with Gasteiger partial charge in [-0.15, -0.1) is 0 Å². The lowest BCUT2D eigenvalue weighted by Gasteiger charge is -2.28. The summed E-state index contributed by atoms with van der Waals surface area (Å²) in [4.78, 5) is 13.4. The number of aromatic hydroxyl groups is 2. The number of rotatable bonds is 6. The van der Waals surface area contributed by atoms with Crippen molar-refractivity contribution in [2.24, 2.45) is 0 Å². The van der Waals surface area contributed by atoms with E-state index >= 15 is 0 Å². The Morgan fingerprint density at radius 1 is 0.233 bits per heavy atom. The Kier molecular flexibility index (Phi) is 27.7. The largest absolute Gasteiger partial charge is 0.506 e. The van der Waals surface area contributed by atoms with Gasteiger partial charge in [-0.05, 0) is 196 Å². The van der Waals surface area contributed by atoms with Gasteiger partial charge in [0.2, 0.25) is 0 Å². The van der Waals surface area contributed by atoms with Crippen LogP contribution in [0.3, 0.4) is 0 Å². The molecule has 0 aliphatic carbocycles. The van der Waals surface area contributed by atoms with E-state index in [-0.39, 0.29) is 108 Å². The maximum absolute atomic E-state index is 13.3. The molecule has 0 spiro atoms. The molecule has 20 bridgehead atoms. The van der Waals surface area contributed by atoms with Crippen LogP contribution in [0.1, 0.15) is 222 Å². The third-order valence-corrected chi connectivity index (χ3v) is 29.6. The van der Waals surface area contributed by atoms with Crippen molar-refractivity contribution in [1.29, 1.82) is 0 Å². The second kappa shape index (κ2) is 36.5. The fraction of sp³-hybridized carbons (Fsp3) is 0.412. The number of ether oxygens (including phenoxy) is 8. The molecule has 0 radical (unpaired) electrons. The number of phenols is 2. The average molecular weight is 1760 g/mol. The Hall–Kier alpha value is -6.68. The van der Waals surface area contributed by atoms with Crippen LogP contribution in [0.2, 0.25) is 0 Å². The second-order valence-corrected chi connectivity index (χ2v) is 48.1. The van der Waals surface area contributed by atoms with Crippen molar-refractivity contribution in [2.45, 2.75) is 301 Å². The van der Waals surface area contributed by atoms with Gasteiger partial charge in [-0.3, -0.25) is 0 Å². The molecule has 0 aromatic heterocycles. The van der Waals surface area contributed by atoms with E-state index in [2.05, 4.69) is 312 Å². The molecule has 0 saturated heterocycles. The quantitative estimate of drug-likeness (QED) is 0.154. The molecule has 0 saturated carbocycles. The van der Waals surface area contributed by atoms with E-state index in [1.54, 1.807) is 47.0 Å². The molecule has 0 fully saturated rings.